The summed E-state index contributed by atoms with van der Waals surface area (Å²) in [5, 5.41) is 19.8. The number of azo groups is 1. The van der Waals surface area contributed by atoms with Gasteiger partial charge in [-0.05, 0) is 51.0 Å². The van der Waals surface area contributed by atoms with Gasteiger partial charge < -0.3 is 5.11 Å². The molecule has 0 amide bonds. The van der Waals surface area contributed by atoms with E-state index in [4.69, 9.17) is 5.11 Å². The molecule has 30 heavy (non-hydrogen) atoms. The van der Waals surface area contributed by atoms with E-state index in [2.05, 4.69) is 25.3 Å². The van der Waals surface area contributed by atoms with Crippen molar-refractivity contribution in [2.24, 2.45) is 10.2 Å². The fourth-order valence-corrected chi connectivity index (χ4v) is 2.93. The van der Waals surface area contributed by atoms with Gasteiger partial charge >= 0.3 is 11.5 Å². The van der Waals surface area contributed by atoms with Gasteiger partial charge in [-0.25, -0.2) is 9.78 Å². The maximum atomic E-state index is 12.8. The lowest BCUT2D eigenvalue weighted by Crippen LogP contribution is -2.24. The average Bonchev–Trinajstić information content (AvgIpc) is 2.99. The van der Waals surface area contributed by atoms with Gasteiger partial charge in [0.2, 0.25) is 5.95 Å². The molecule has 3 N–H and O–H groups in total. The normalized spacial score (nSPS) is 11.3. The number of aromatic nitrogens is 4. The number of hydrogen-bond donors (Lipinski definition) is 3. The molecular formula is C20H22N6O4. The third-order valence-electron chi connectivity index (χ3n) is 4.62. The first-order valence-corrected chi connectivity index (χ1v) is 9.48. The number of rotatable bonds is 7. The Morgan fingerprint density at radius 2 is 1.87 bits per heavy atom. The molecule has 3 aromatic rings. The number of unbranched alkanes of at least 4 members (excludes halogenated alkanes) is 1. The van der Waals surface area contributed by atoms with Crippen LogP contribution in [0.25, 0.3) is 5.95 Å². The van der Waals surface area contributed by atoms with Gasteiger partial charge in [0.15, 0.2) is 5.69 Å². The Morgan fingerprint density at radius 1 is 1.17 bits per heavy atom. The molecule has 2 heterocycles. The lowest BCUT2D eigenvalue weighted by molar-refractivity contribution is 0.0697. The number of benzene rings is 1. The van der Waals surface area contributed by atoms with Gasteiger partial charge in [-0.3, -0.25) is 19.7 Å². The van der Waals surface area contributed by atoms with Gasteiger partial charge in [0.25, 0.3) is 5.56 Å². The van der Waals surface area contributed by atoms with Crippen molar-refractivity contribution in [3.8, 4) is 5.95 Å². The standard InChI is InChI=1S/C20H22N6O4/c1-4-5-6-15-11(2)21-20(22-17(15)27)26-18(28)16(12(3)25-26)24-23-14-9-7-13(8-10-14)19(29)30/h7-10,25H,4-6H2,1-3H3,(H,29,30)(H,21,22,27). The van der Waals surface area contributed by atoms with E-state index in [-0.39, 0.29) is 22.8 Å². The van der Waals surface area contributed by atoms with E-state index in [0.717, 1.165) is 17.5 Å². The largest absolute Gasteiger partial charge is 0.478 e. The topological polar surface area (TPSA) is 146 Å². The van der Waals surface area contributed by atoms with Crippen molar-refractivity contribution < 1.29 is 9.90 Å². The minimum atomic E-state index is -1.04. The van der Waals surface area contributed by atoms with Crippen LogP contribution in [0.2, 0.25) is 0 Å². The highest BCUT2D eigenvalue weighted by Crippen LogP contribution is 2.19. The Labute approximate surface area is 171 Å². The molecule has 0 aliphatic rings. The van der Waals surface area contributed by atoms with Crippen molar-refractivity contribution in [2.45, 2.75) is 40.0 Å². The van der Waals surface area contributed by atoms with Gasteiger partial charge in [0, 0.05) is 5.56 Å². The van der Waals surface area contributed by atoms with E-state index in [9.17, 15) is 14.4 Å². The predicted octanol–water partition coefficient (Wildman–Crippen LogP) is 3.32. The Morgan fingerprint density at radius 3 is 2.47 bits per heavy atom. The first kappa shape index (κ1) is 20.9. The molecule has 0 spiro atoms. The number of carboxylic acids is 1. The quantitative estimate of drug-likeness (QED) is 0.511. The van der Waals surface area contributed by atoms with E-state index in [1.54, 1.807) is 13.8 Å². The average molecular weight is 410 g/mol. The van der Waals surface area contributed by atoms with Crippen molar-refractivity contribution in [1.29, 1.82) is 0 Å². The zero-order chi connectivity index (χ0) is 21.8. The first-order valence-electron chi connectivity index (χ1n) is 9.48. The zero-order valence-electron chi connectivity index (χ0n) is 16.9. The molecule has 0 radical (unpaired) electrons. The maximum absolute atomic E-state index is 12.8. The van der Waals surface area contributed by atoms with Crippen LogP contribution >= 0.6 is 0 Å². The summed E-state index contributed by atoms with van der Waals surface area (Å²) < 4.78 is 1.12. The summed E-state index contributed by atoms with van der Waals surface area (Å²) >= 11 is 0. The van der Waals surface area contributed by atoms with Crippen molar-refractivity contribution in [1.82, 2.24) is 19.7 Å². The van der Waals surface area contributed by atoms with Gasteiger partial charge in [-0.15, -0.1) is 5.11 Å². The Kier molecular flexibility index (Phi) is 6.05. The van der Waals surface area contributed by atoms with Gasteiger partial charge in [0.1, 0.15) is 0 Å². The van der Waals surface area contributed by atoms with E-state index in [0.29, 0.717) is 29.1 Å². The SMILES string of the molecule is CCCCc1c(C)nc(-n2[nH]c(C)c(N=Nc3ccc(C(=O)O)cc3)c2=O)[nH]c1=O. The summed E-state index contributed by atoms with van der Waals surface area (Å²) in [5.41, 5.74) is 1.43. The second-order valence-corrected chi connectivity index (χ2v) is 6.84. The molecule has 0 bridgehead atoms. The van der Waals surface area contributed by atoms with Crippen molar-refractivity contribution >= 4 is 17.3 Å². The number of hydrogen-bond acceptors (Lipinski definition) is 6. The molecule has 10 heteroatoms. The molecule has 156 valence electrons. The van der Waals surface area contributed by atoms with Crippen LogP contribution in [0.1, 0.15) is 47.1 Å². The van der Waals surface area contributed by atoms with Gasteiger partial charge in [0.05, 0.1) is 22.6 Å². The van der Waals surface area contributed by atoms with Crippen molar-refractivity contribution in [3.63, 3.8) is 0 Å². The summed E-state index contributed by atoms with van der Waals surface area (Å²) in [6.07, 6.45) is 2.47. The highest BCUT2D eigenvalue weighted by Gasteiger charge is 2.16. The molecule has 0 saturated heterocycles. The Hall–Kier alpha value is -3.82. The number of nitrogens with zero attached hydrogens (tertiary/aromatic N) is 4. The van der Waals surface area contributed by atoms with Crippen LogP contribution < -0.4 is 11.1 Å². The molecule has 0 fully saturated rings. The molecule has 10 nitrogen and oxygen atoms in total. The summed E-state index contributed by atoms with van der Waals surface area (Å²) in [6.45, 7) is 5.44. The molecule has 0 atom stereocenters. The second-order valence-electron chi connectivity index (χ2n) is 6.84. The molecule has 2 aromatic heterocycles. The van der Waals surface area contributed by atoms with E-state index >= 15 is 0 Å². The first-order chi connectivity index (χ1) is 14.3. The molecule has 0 aliphatic heterocycles. The van der Waals surface area contributed by atoms with Crippen LogP contribution in [0.3, 0.4) is 0 Å². The smallest absolute Gasteiger partial charge is 0.335 e. The molecule has 1 aromatic carbocycles. The molecule has 0 unspecified atom stereocenters. The molecule has 3 rings (SSSR count). The summed E-state index contributed by atoms with van der Waals surface area (Å²) in [5.74, 6) is -0.960. The number of H-pyrrole nitrogens is 2. The summed E-state index contributed by atoms with van der Waals surface area (Å²) in [6, 6.07) is 5.78. The number of aromatic carboxylic acids is 1. The van der Waals surface area contributed by atoms with Crippen molar-refractivity contribution in [3.05, 3.63) is 67.5 Å². The number of aryl methyl sites for hydroxylation is 2. The van der Waals surface area contributed by atoms with Crippen LogP contribution in [-0.4, -0.2) is 30.8 Å². The van der Waals surface area contributed by atoms with Gasteiger partial charge in [-0.2, -0.15) is 9.80 Å². The van der Waals surface area contributed by atoms with Crippen LogP contribution in [0.4, 0.5) is 11.4 Å². The second kappa shape index (κ2) is 8.68. The number of carboxylic acid groups (broad SMARTS) is 1. The lowest BCUT2D eigenvalue weighted by Gasteiger charge is -2.06. The van der Waals surface area contributed by atoms with Gasteiger partial charge in [-0.1, -0.05) is 13.3 Å². The summed E-state index contributed by atoms with van der Waals surface area (Å²) in [4.78, 5) is 43.1. The lowest BCUT2D eigenvalue weighted by atomic mass is 10.1. The summed E-state index contributed by atoms with van der Waals surface area (Å²) in [7, 11) is 0. The number of nitrogens with one attached hydrogen (secondary N) is 2. The highest BCUT2D eigenvalue weighted by molar-refractivity contribution is 5.87. The minimum Gasteiger partial charge on any atom is -0.478 e. The third kappa shape index (κ3) is 4.27. The fraction of sp³-hybridized carbons (Fsp3) is 0.300. The number of carbonyl (C=O) groups is 1. The fourth-order valence-electron chi connectivity index (χ4n) is 2.93. The monoisotopic (exact) mass is 410 g/mol. The molecular weight excluding hydrogens is 388 g/mol. The maximum Gasteiger partial charge on any atom is 0.335 e. The Bertz CT molecular complexity index is 1220. The minimum absolute atomic E-state index is 0.0627. The van der Waals surface area contributed by atoms with Crippen LogP contribution in [0.15, 0.2) is 44.1 Å². The predicted molar refractivity (Wildman–Crippen MR) is 110 cm³/mol. The molecule has 0 aliphatic carbocycles. The van der Waals surface area contributed by atoms with Crippen molar-refractivity contribution in [2.75, 3.05) is 0 Å². The molecule has 0 saturated carbocycles. The van der Waals surface area contributed by atoms with Crippen LogP contribution in [-0.2, 0) is 6.42 Å². The van der Waals surface area contributed by atoms with E-state index in [1.807, 2.05) is 6.92 Å². The Balaban J connectivity index is 1.93. The van der Waals surface area contributed by atoms with E-state index < -0.39 is 11.5 Å². The number of aromatic amines is 2. The highest BCUT2D eigenvalue weighted by atomic mass is 16.4. The van der Waals surface area contributed by atoms with E-state index in [1.165, 1.54) is 24.3 Å². The van der Waals surface area contributed by atoms with Crippen LogP contribution in [0, 0.1) is 13.8 Å². The van der Waals surface area contributed by atoms with Crippen LogP contribution in [0.5, 0.6) is 0 Å². The zero-order valence-corrected chi connectivity index (χ0v) is 16.9. The third-order valence-corrected chi connectivity index (χ3v) is 4.62.